The predicted octanol–water partition coefficient (Wildman–Crippen LogP) is 5.21. The van der Waals surface area contributed by atoms with Crippen LogP contribution in [0.3, 0.4) is 0 Å². The minimum atomic E-state index is -4.48. The van der Waals surface area contributed by atoms with Crippen LogP contribution < -0.4 is 0 Å². The van der Waals surface area contributed by atoms with Gasteiger partial charge in [-0.1, -0.05) is 41.9 Å². The van der Waals surface area contributed by atoms with Crippen molar-refractivity contribution < 1.29 is 13.2 Å². The van der Waals surface area contributed by atoms with Gasteiger partial charge in [-0.25, -0.2) is 4.68 Å². The lowest BCUT2D eigenvalue weighted by molar-refractivity contribution is -0.137. The van der Waals surface area contributed by atoms with Crippen molar-refractivity contribution >= 4 is 11.6 Å². The van der Waals surface area contributed by atoms with Crippen molar-refractivity contribution in [1.29, 1.82) is 0 Å². The smallest absolute Gasteiger partial charge is 0.240 e. The van der Waals surface area contributed by atoms with Gasteiger partial charge in [0.1, 0.15) is 11.3 Å². The van der Waals surface area contributed by atoms with E-state index in [-0.39, 0.29) is 5.69 Å². The zero-order chi connectivity index (χ0) is 15.7. The molecule has 0 unspecified atom stereocenters. The van der Waals surface area contributed by atoms with Crippen molar-refractivity contribution in [2.75, 3.05) is 0 Å². The average Bonchev–Trinajstić information content (AvgIpc) is 2.94. The first kappa shape index (κ1) is 14.7. The van der Waals surface area contributed by atoms with E-state index in [1.807, 2.05) is 0 Å². The summed E-state index contributed by atoms with van der Waals surface area (Å²) in [6, 6.07) is 14.8. The summed E-state index contributed by atoms with van der Waals surface area (Å²) in [5.74, 6) is 0. The van der Waals surface area contributed by atoms with Gasteiger partial charge in [-0.3, -0.25) is 0 Å². The largest absolute Gasteiger partial charge is 0.420 e. The minimum Gasteiger partial charge on any atom is -0.240 e. The van der Waals surface area contributed by atoms with E-state index < -0.39 is 11.7 Å². The highest BCUT2D eigenvalue weighted by Gasteiger charge is 2.36. The van der Waals surface area contributed by atoms with Gasteiger partial charge in [0.05, 0.1) is 5.69 Å². The van der Waals surface area contributed by atoms with Crippen LogP contribution in [0.1, 0.15) is 5.56 Å². The Morgan fingerprint density at radius 3 is 2.14 bits per heavy atom. The molecule has 1 aromatic heterocycles. The molecule has 0 amide bonds. The fourth-order valence-corrected chi connectivity index (χ4v) is 2.24. The summed E-state index contributed by atoms with van der Waals surface area (Å²) >= 11 is 5.78. The van der Waals surface area contributed by atoms with Crippen molar-refractivity contribution in [2.45, 2.75) is 6.18 Å². The highest BCUT2D eigenvalue weighted by molar-refractivity contribution is 6.30. The van der Waals surface area contributed by atoms with Crippen molar-refractivity contribution in [1.82, 2.24) is 9.78 Å². The van der Waals surface area contributed by atoms with Crippen LogP contribution in [-0.2, 0) is 6.18 Å². The van der Waals surface area contributed by atoms with E-state index >= 15 is 0 Å². The first-order valence-electron chi connectivity index (χ1n) is 6.43. The van der Waals surface area contributed by atoms with Gasteiger partial charge in [0.25, 0.3) is 0 Å². The molecule has 2 nitrogen and oxygen atoms in total. The predicted molar refractivity (Wildman–Crippen MR) is 79.0 cm³/mol. The lowest BCUT2D eigenvalue weighted by Gasteiger charge is -2.06. The van der Waals surface area contributed by atoms with E-state index in [1.54, 1.807) is 42.5 Å². The summed E-state index contributed by atoms with van der Waals surface area (Å²) in [4.78, 5) is 0. The number of aromatic nitrogens is 2. The lowest BCUT2D eigenvalue weighted by Crippen LogP contribution is -2.05. The summed E-state index contributed by atoms with van der Waals surface area (Å²) in [7, 11) is 0. The van der Waals surface area contributed by atoms with Crippen LogP contribution in [-0.4, -0.2) is 9.78 Å². The first-order chi connectivity index (χ1) is 10.4. The maximum absolute atomic E-state index is 13.3. The Balaban J connectivity index is 2.16. The Hall–Kier alpha value is -2.27. The highest BCUT2D eigenvalue weighted by atomic mass is 35.5. The molecule has 0 spiro atoms. The SMILES string of the molecule is FC(F)(F)c1cn(-c2ccccc2)nc1-c1ccc(Cl)cc1. The molecule has 6 heteroatoms. The normalized spacial score (nSPS) is 11.6. The molecule has 0 aliphatic rings. The molecule has 3 aromatic rings. The fourth-order valence-electron chi connectivity index (χ4n) is 2.12. The Kier molecular flexibility index (Phi) is 3.66. The molecule has 3 rings (SSSR count). The monoisotopic (exact) mass is 322 g/mol. The number of hydrogen-bond donors (Lipinski definition) is 0. The Bertz CT molecular complexity index is 777. The van der Waals surface area contributed by atoms with E-state index in [0.717, 1.165) is 6.20 Å². The maximum Gasteiger partial charge on any atom is 0.420 e. The number of para-hydroxylation sites is 1. The van der Waals surface area contributed by atoms with Gasteiger partial charge < -0.3 is 0 Å². The van der Waals surface area contributed by atoms with Crippen LogP contribution in [0.2, 0.25) is 5.02 Å². The molecular formula is C16H10ClF3N2. The summed E-state index contributed by atoms with van der Waals surface area (Å²) in [6.45, 7) is 0. The van der Waals surface area contributed by atoms with Crippen LogP contribution in [0.25, 0.3) is 16.9 Å². The first-order valence-corrected chi connectivity index (χ1v) is 6.81. The molecule has 0 saturated carbocycles. The molecule has 0 aliphatic heterocycles. The highest BCUT2D eigenvalue weighted by Crippen LogP contribution is 2.37. The molecule has 22 heavy (non-hydrogen) atoms. The summed E-state index contributed by atoms with van der Waals surface area (Å²) in [5.41, 5.74) is 0.0336. The number of halogens is 4. The molecule has 0 fully saturated rings. The van der Waals surface area contributed by atoms with Gasteiger partial charge >= 0.3 is 6.18 Å². The second-order valence-corrected chi connectivity index (χ2v) is 5.11. The summed E-state index contributed by atoms with van der Waals surface area (Å²) < 4.78 is 41.0. The molecule has 0 saturated heterocycles. The van der Waals surface area contributed by atoms with E-state index in [1.165, 1.54) is 16.8 Å². The maximum atomic E-state index is 13.3. The summed E-state index contributed by atoms with van der Waals surface area (Å²) in [5, 5.41) is 4.56. The second kappa shape index (κ2) is 5.50. The Morgan fingerprint density at radius 2 is 1.55 bits per heavy atom. The third-order valence-electron chi connectivity index (χ3n) is 3.16. The minimum absolute atomic E-state index is 0.118. The van der Waals surface area contributed by atoms with E-state index in [0.29, 0.717) is 16.3 Å². The topological polar surface area (TPSA) is 17.8 Å². The van der Waals surface area contributed by atoms with E-state index in [2.05, 4.69) is 5.10 Å². The molecule has 0 aliphatic carbocycles. The molecule has 1 heterocycles. The van der Waals surface area contributed by atoms with Crippen molar-refractivity contribution in [3.8, 4) is 16.9 Å². The number of rotatable bonds is 2. The van der Waals surface area contributed by atoms with Gasteiger partial charge in [0.15, 0.2) is 0 Å². The Morgan fingerprint density at radius 1 is 0.909 bits per heavy atom. The fraction of sp³-hybridized carbons (Fsp3) is 0.0625. The van der Waals surface area contributed by atoms with Crippen LogP contribution in [0.5, 0.6) is 0 Å². The second-order valence-electron chi connectivity index (χ2n) is 4.68. The number of nitrogens with zero attached hydrogens (tertiary/aromatic N) is 2. The zero-order valence-electron chi connectivity index (χ0n) is 11.2. The van der Waals surface area contributed by atoms with E-state index in [4.69, 9.17) is 11.6 Å². The van der Waals surface area contributed by atoms with Gasteiger partial charge in [0.2, 0.25) is 0 Å². The molecule has 2 aromatic carbocycles. The van der Waals surface area contributed by atoms with Crippen molar-refractivity contribution in [2.24, 2.45) is 0 Å². The van der Waals surface area contributed by atoms with Crippen molar-refractivity contribution in [3.05, 3.63) is 71.4 Å². The van der Waals surface area contributed by atoms with Crippen LogP contribution in [0.15, 0.2) is 60.8 Å². The van der Waals surface area contributed by atoms with Crippen LogP contribution in [0, 0.1) is 0 Å². The molecule has 0 atom stereocenters. The Labute approximate surface area is 129 Å². The summed E-state index contributed by atoms with van der Waals surface area (Å²) in [6.07, 6.45) is -3.48. The molecular weight excluding hydrogens is 313 g/mol. The molecule has 0 bridgehead atoms. The average molecular weight is 323 g/mol. The van der Waals surface area contributed by atoms with E-state index in [9.17, 15) is 13.2 Å². The quantitative estimate of drug-likeness (QED) is 0.633. The van der Waals surface area contributed by atoms with Crippen LogP contribution >= 0.6 is 11.6 Å². The van der Waals surface area contributed by atoms with Gasteiger partial charge in [-0.15, -0.1) is 0 Å². The van der Waals surface area contributed by atoms with Gasteiger partial charge in [-0.2, -0.15) is 18.3 Å². The van der Waals surface area contributed by atoms with Gasteiger partial charge in [0, 0.05) is 16.8 Å². The van der Waals surface area contributed by atoms with Crippen LogP contribution in [0.4, 0.5) is 13.2 Å². The lowest BCUT2D eigenvalue weighted by atomic mass is 10.1. The van der Waals surface area contributed by atoms with Crippen molar-refractivity contribution in [3.63, 3.8) is 0 Å². The molecule has 0 radical (unpaired) electrons. The zero-order valence-corrected chi connectivity index (χ0v) is 11.9. The standard InChI is InChI=1S/C16H10ClF3N2/c17-12-8-6-11(7-9-12)15-14(16(18,19)20)10-22(21-15)13-4-2-1-3-5-13/h1-10H. The third-order valence-corrected chi connectivity index (χ3v) is 3.41. The van der Waals surface area contributed by atoms with Gasteiger partial charge in [-0.05, 0) is 24.3 Å². The number of benzene rings is 2. The number of hydrogen-bond acceptors (Lipinski definition) is 1. The molecule has 112 valence electrons. The third kappa shape index (κ3) is 2.85. The number of alkyl halides is 3. The molecule has 0 N–H and O–H groups in total.